The summed E-state index contributed by atoms with van der Waals surface area (Å²) in [6, 6.07) is 4.22. The molecule has 0 aromatic heterocycles. The SMILES string of the molecule is COC(=O)Cc1cc(S(=O)(=O)Cl)ccc1CN. The number of rotatable bonds is 4. The number of methoxy groups -OCH3 is 1. The van der Waals surface area contributed by atoms with E-state index in [1.54, 1.807) is 0 Å². The minimum Gasteiger partial charge on any atom is -0.469 e. The van der Waals surface area contributed by atoms with E-state index in [2.05, 4.69) is 4.74 Å². The van der Waals surface area contributed by atoms with Gasteiger partial charge in [-0.3, -0.25) is 4.79 Å². The van der Waals surface area contributed by atoms with Crippen LogP contribution in [0.2, 0.25) is 0 Å². The van der Waals surface area contributed by atoms with Crippen LogP contribution in [-0.2, 0) is 31.5 Å². The van der Waals surface area contributed by atoms with E-state index in [9.17, 15) is 13.2 Å². The molecule has 1 rings (SSSR count). The highest BCUT2D eigenvalue weighted by Gasteiger charge is 2.14. The number of esters is 1. The topological polar surface area (TPSA) is 86.5 Å². The Morgan fingerprint density at radius 3 is 2.53 bits per heavy atom. The molecule has 0 bridgehead atoms. The summed E-state index contributed by atoms with van der Waals surface area (Å²) in [5.74, 6) is -0.469. The molecule has 0 saturated carbocycles. The third-order valence-electron chi connectivity index (χ3n) is 2.24. The fraction of sp³-hybridized carbons (Fsp3) is 0.300. The summed E-state index contributed by atoms with van der Waals surface area (Å²) in [5.41, 5.74) is 6.67. The second-order valence-corrected chi connectivity index (χ2v) is 5.89. The zero-order valence-corrected chi connectivity index (χ0v) is 10.7. The molecule has 0 aliphatic carbocycles. The lowest BCUT2D eigenvalue weighted by Gasteiger charge is -2.08. The smallest absolute Gasteiger partial charge is 0.309 e. The number of carbonyl (C=O) groups is 1. The Kier molecular flexibility index (Phi) is 4.50. The van der Waals surface area contributed by atoms with Gasteiger partial charge in [0.1, 0.15) is 0 Å². The molecular formula is C10H12ClNO4S. The highest BCUT2D eigenvalue weighted by molar-refractivity contribution is 8.13. The summed E-state index contributed by atoms with van der Waals surface area (Å²) in [6.07, 6.45) is -0.0384. The minimum absolute atomic E-state index is 0.0384. The van der Waals surface area contributed by atoms with Gasteiger partial charge in [-0.1, -0.05) is 6.07 Å². The van der Waals surface area contributed by atoms with Crippen molar-refractivity contribution >= 4 is 25.7 Å². The average molecular weight is 278 g/mol. The maximum Gasteiger partial charge on any atom is 0.309 e. The number of nitrogens with two attached hydrogens (primary N) is 1. The van der Waals surface area contributed by atoms with Crippen LogP contribution in [0.5, 0.6) is 0 Å². The maximum atomic E-state index is 11.2. The van der Waals surface area contributed by atoms with Crippen molar-refractivity contribution in [3.63, 3.8) is 0 Å². The Labute approximate surface area is 104 Å². The lowest BCUT2D eigenvalue weighted by atomic mass is 10.0. The predicted molar refractivity (Wildman–Crippen MR) is 63.1 cm³/mol. The van der Waals surface area contributed by atoms with Gasteiger partial charge < -0.3 is 10.5 Å². The predicted octanol–water partition coefficient (Wildman–Crippen LogP) is 0.788. The summed E-state index contributed by atoms with van der Waals surface area (Å²) >= 11 is 0. The van der Waals surface area contributed by atoms with Crippen molar-refractivity contribution < 1.29 is 17.9 Å². The molecular weight excluding hydrogens is 266 g/mol. The van der Waals surface area contributed by atoms with Crippen LogP contribution in [0.4, 0.5) is 0 Å². The van der Waals surface area contributed by atoms with Crippen molar-refractivity contribution in [3.05, 3.63) is 29.3 Å². The molecule has 1 aromatic rings. The summed E-state index contributed by atoms with van der Waals surface area (Å²) in [7, 11) is 2.66. The van der Waals surface area contributed by atoms with E-state index >= 15 is 0 Å². The van der Waals surface area contributed by atoms with Crippen LogP contribution >= 0.6 is 10.7 Å². The molecule has 0 aliphatic heterocycles. The molecule has 0 unspecified atom stereocenters. The van der Waals surface area contributed by atoms with Crippen molar-refractivity contribution in [2.75, 3.05) is 7.11 Å². The van der Waals surface area contributed by atoms with E-state index in [4.69, 9.17) is 16.4 Å². The van der Waals surface area contributed by atoms with E-state index in [0.717, 1.165) is 0 Å². The highest BCUT2D eigenvalue weighted by Crippen LogP contribution is 2.20. The largest absolute Gasteiger partial charge is 0.469 e. The Hall–Kier alpha value is -1.11. The van der Waals surface area contributed by atoms with Gasteiger partial charge in [0, 0.05) is 17.2 Å². The van der Waals surface area contributed by atoms with Gasteiger partial charge in [0.25, 0.3) is 9.05 Å². The Morgan fingerprint density at radius 1 is 1.41 bits per heavy atom. The zero-order valence-electron chi connectivity index (χ0n) is 9.14. The molecule has 0 heterocycles. The van der Waals surface area contributed by atoms with Crippen LogP contribution in [0, 0.1) is 0 Å². The van der Waals surface area contributed by atoms with E-state index in [1.807, 2.05) is 0 Å². The van der Waals surface area contributed by atoms with Crippen molar-refractivity contribution in [3.8, 4) is 0 Å². The van der Waals surface area contributed by atoms with Gasteiger partial charge in [0.15, 0.2) is 0 Å². The van der Waals surface area contributed by atoms with Crippen molar-refractivity contribution in [2.45, 2.75) is 17.9 Å². The third-order valence-corrected chi connectivity index (χ3v) is 3.59. The van der Waals surface area contributed by atoms with Gasteiger partial charge in [-0.15, -0.1) is 0 Å². The molecule has 94 valence electrons. The summed E-state index contributed by atoms with van der Waals surface area (Å²) in [4.78, 5) is 11.1. The molecule has 5 nitrogen and oxygen atoms in total. The van der Waals surface area contributed by atoms with Crippen LogP contribution in [0.1, 0.15) is 11.1 Å². The van der Waals surface area contributed by atoms with Gasteiger partial charge >= 0.3 is 5.97 Å². The number of hydrogen-bond acceptors (Lipinski definition) is 5. The van der Waals surface area contributed by atoms with Gasteiger partial charge in [0.2, 0.25) is 0 Å². The van der Waals surface area contributed by atoms with Gasteiger partial charge in [0.05, 0.1) is 18.4 Å². The van der Waals surface area contributed by atoms with Gasteiger partial charge in [-0.2, -0.15) is 0 Å². The number of benzene rings is 1. The average Bonchev–Trinajstić information content (AvgIpc) is 2.27. The summed E-state index contributed by atoms with van der Waals surface area (Å²) in [5, 5.41) is 0. The molecule has 0 radical (unpaired) electrons. The van der Waals surface area contributed by atoms with Crippen LogP contribution in [0.3, 0.4) is 0 Å². The first-order valence-corrected chi connectivity index (χ1v) is 7.02. The summed E-state index contributed by atoms with van der Waals surface area (Å²) in [6.45, 7) is 0.203. The first-order valence-electron chi connectivity index (χ1n) is 4.72. The van der Waals surface area contributed by atoms with E-state index in [-0.39, 0.29) is 17.9 Å². The van der Waals surface area contributed by atoms with E-state index < -0.39 is 15.0 Å². The van der Waals surface area contributed by atoms with Gasteiger partial charge in [-0.05, 0) is 23.3 Å². The fourth-order valence-corrected chi connectivity index (χ4v) is 2.15. The normalized spacial score (nSPS) is 11.2. The van der Waals surface area contributed by atoms with Crippen LogP contribution in [-0.4, -0.2) is 21.5 Å². The van der Waals surface area contributed by atoms with E-state index in [0.29, 0.717) is 11.1 Å². The highest BCUT2D eigenvalue weighted by atomic mass is 35.7. The monoisotopic (exact) mass is 277 g/mol. The van der Waals surface area contributed by atoms with Crippen LogP contribution in [0.25, 0.3) is 0 Å². The fourth-order valence-electron chi connectivity index (χ4n) is 1.35. The second-order valence-electron chi connectivity index (χ2n) is 3.33. The summed E-state index contributed by atoms with van der Waals surface area (Å²) < 4.78 is 26.8. The molecule has 0 atom stereocenters. The zero-order chi connectivity index (χ0) is 13.1. The van der Waals surface area contributed by atoms with E-state index in [1.165, 1.54) is 25.3 Å². The Morgan fingerprint density at radius 2 is 2.06 bits per heavy atom. The quantitative estimate of drug-likeness (QED) is 0.649. The molecule has 2 N–H and O–H groups in total. The van der Waals surface area contributed by atoms with Crippen LogP contribution in [0.15, 0.2) is 23.1 Å². The molecule has 0 saturated heterocycles. The third kappa shape index (κ3) is 3.69. The number of halogens is 1. The molecule has 0 fully saturated rings. The molecule has 1 aromatic carbocycles. The number of ether oxygens (including phenoxy) is 1. The Bertz CT molecular complexity index is 527. The first kappa shape index (κ1) is 14.0. The lowest BCUT2D eigenvalue weighted by molar-refractivity contribution is -0.139. The first-order chi connectivity index (χ1) is 7.88. The Balaban J connectivity index is 3.20. The van der Waals surface area contributed by atoms with Crippen molar-refractivity contribution in [1.29, 1.82) is 0 Å². The second kappa shape index (κ2) is 5.48. The van der Waals surface area contributed by atoms with Crippen molar-refractivity contribution in [2.24, 2.45) is 5.73 Å². The molecule has 0 spiro atoms. The molecule has 0 aliphatic rings. The number of carbonyl (C=O) groups excluding carboxylic acids is 1. The molecule has 17 heavy (non-hydrogen) atoms. The number of hydrogen-bond donors (Lipinski definition) is 1. The molecule has 7 heteroatoms. The van der Waals surface area contributed by atoms with Crippen LogP contribution < -0.4 is 5.73 Å². The standard InChI is InChI=1S/C10H12ClNO4S/c1-16-10(13)5-8-4-9(17(11,14)15)3-2-7(8)6-12/h2-4H,5-6,12H2,1H3. The molecule has 0 amide bonds. The maximum absolute atomic E-state index is 11.2. The lowest BCUT2D eigenvalue weighted by Crippen LogP contribution is -2.10. The minimum atomic E-state index is -3.81. The van der Waals surface area contributed by atoms with Crippen molar-refractivity contribution in [1.82, 2.24) is 0 Å². The van der Waals surface area contributed by atoms with Gasteiger partial charge in [-0.25, -0.2) is 8.42 Å².